The third-order valence-electron chi connectivity index (χ3n) is 4.89. The summed E-state index contributed by atoms with van der Waals surface area (Å²) in [6.07, 6.45) is 12.1. The molecule has 6 nitrogen and oxygen atoms in total. The summed E-state index contributed by atoms with van der Waals surface area (Å²) < 4.78 is 5.89. The first-order valence-corrected chi connectivity index (χ1v) is 8.53. The summed E-state index contributed by atoms with van der Waals surface area (Å²) in [6.45, 7) is 3.57. The number of urea groups is 1. The molecule has 1 aliphatic carbocycles. The van der Waals surface area contributed by atoms with Gasteiger partial charge in [0.25, 0.3) is 0 Å². The van der Waals surface area contributed by atoms with Crippen molar-refractivity contribution in [3.8, 4) is 0 Å². The molecule has 0 bridgehead atoms. The van der Waals surface area contributed by atoms with Gasteiger partial charge in [0, 0.05) is 36.9 Å². The van der Waals surface area contributed by atoms with E-state index in [0.29, 0.717) is 12.5 Å². The molecule has 0 saturated carbocycles. The first-order valence-electron chi connectivity index (χ1n) is 8.53. The van der Waals surface area contributed by atoms with E-state index in [4.69, 9.17) is 4.74 Å². The van der Waals surface area contributed by atoms with Crippen molar-refractivity contribution in [2.45, 2.75) is 44.8 Å². The van der Waals surface area contributed by atoms with Crippen molar-refractivity contribution in [3.05, 3.63) is 30.1 Å². The molecule has 23 heavy (non-hydrogen) atoms. The number of carbonyl (C=O) groups is 1. The molecule has 1 aromatic rings. The maximum absolute atomic E-state index is 12.2. The van der Waals surface area contributed by atoms with E-state index in [1.54, 1.807) is 6.20 Å². The van der Waals surface area contributed by atoms with Gasteiger partial charge in [-0.2, -0.15) is 5.10 Å². The van der Waals surface area contributed by atoms with Crippen molar-refractivity contribution in [3.63, 3.8) is 0 Å². The van der Waals surface area contributed by atoms with Crippen LogP contribution in [-0.2, 0) is 4.74 Å². The van der Waals surface area contributed by atoms with E-state index in [-0.39, 0.29) is 24.1 Å². The highest BCUT2D eigenvalue weighted by Crippen LogP contribution is 2.32. The van der Waals surface area contributed by atoms with Crippen LogP contribution < -0.4 is 10.6 Å². The highest BCUT2D eigenvalue weighted by atomic mass is 16.5. The summed E-state index contributed by atoms with van der Waals surface area (Å²) in [4.78, 5) is 12.2. The molecule has 4 atom stereocenters. The van der Waals surface area contributed by atoms with Crippen LogP contribution >= 0.6 is 0 Å². The summed E-state index contributed by atoms with van der Waals surface area (Å²) in [6, 6.07) is 0.154. The number of aromatic nitrogens is 2. The van der Waals surface area contributed by atoms with E-state index in [1.807, 2.05) is 6.20 Å². The Kier molecular flexibility index (Phi) is 5.33. The first-order chi connectivity index (χ1) is 11.2. The number of amides is 2. The standard InChI is InChI=1S/C17H26N4O2/c1-12-5-2-3-7-15(12)21-17(22)18-9-13-6-4-8-23-16(13)14-10-19-20-11-14/h2-3,10-13,15-16H,4-9H2,1H3,(H,19,20)(H2,18,21,22)/t12-,13+,15-,16-/m1/s1. The lowest BCUT2D eigenvalue weighted by Gasteiger charge is -2.32. The second-order valence-corrected chi connectivity index (χ2v) is 6.61. The molecule has 3 rings (SSSR count). The minimum absolute atomic E-state index is 0.0133. The molecule has 0 aromatic carbocycles. The summed E-state index contributed by atoms with van der Waals surface area (Å²) in [5.41, 5.74) is 1.06. The van der Waals surface area contributed by atoms with Crippen LogP contribution in [0, 0.1) is 11.8 Å². The highest BCUT2D eigenvalue weighted by molar-refractivity contribution is 5.74. The number of hydrogen-bond acceptors (Lipinski definition) is 3. The topological polar surface area (TPSA) is 79.0 Å². The van der Waals surface area contributed by atoms with Gasteiger partial charge >= 0.3 is 6.03 Å². The Hall–Kier alpha value is -1.82. The largest absolute Gasteiger partial charge is 0.373 e. The van der Waals surface area contributed by atoms with Crippen LogP contribution in [0.3, 0.4) is 0 Å². The molecule has 2 heterocycles. The maximum Gasteiger partial charge on any atom is 0.315 e. The Bertz CT molecular complexity index is 529. The smallest absolute Gasteiger partial charge is 0.315 e. The molecule has 126 valence electrons. The number of nitrogens with one attached hydrogen (secondary N) is 3. The molecule has 0 radical (unpaired) electrons. The van der Waals surface area contributed by atoms with Gasteiger partial charge in [-0.05, 0) is 31.6 Å². The van der Waals surface area contributed by atoms with Crippen molar-refractivity contribution < 1.29 is 9.53 Å². The summed E-state index contributed by atoms with van der Waals surface area (Å²) in [7, 11) is 0. The van der Waals surface area contributed by atoms with Crippen molar-refractivity contribution in [1.82, 2.24) is 20.8 Å². The number of nitrogens with zero attached hydrogens (tertiary/aromatic N) is 1. The molecule has 3 N–H and O–H groups in total. The van der Waals surface area contributed by atoms with E-state index in [0.717, 1.165) is 37.9 Å². The molecule has 0 spiro atoms. The monoisotopic (exact) mass is 318 g/mol. The van der Waals surface area contributed by atoms with Gasteiger partial charge in [-0.25, -0.2) is 4.79 Å². The molecule has 0 unspecified atom stereocenters. The van der Waals surface area contributed by atoms with Gasteiger partial charge < -0.3 is 15.4 Å². The molecule has 1 aliphatic heterocycles. The van der Waals surface area contributed by atoms with E-state index in [1.165, 1.54) is 0 Å². The van der Waals surface area contributed by atoms with Crippen molar-refractivity contribution >= 4 is 6.03 Å². The van der Waals surface area contributed by atoms with Crippen molar-refractivity contribution in [2.75, 3.05) is 13.2 Å². The lowest BCUT2D eigenvalue weighted by Crippen LogP contribution is -2.47. The minimum atomic E-state index is -0.0753. The molecule has 1 aromatic heterocycles. The first kappa shape index (κ1) is 16.1. The Morgan fingerprint density at radius 2 is 2.30 bits per heavy atom. The summed E-state index contributed by atoms with van der Waals surface area (Å²) in [5, 5.41) is 13.0. The number of aromatic amines is 1. The summed E-state index contributed by atoms with van der Waals surface area (Å²) >= 11 is 0. The fourth-order valence-electron chi connectivity index (χ4n) is 3.43. The summed E-state index contributed by atoms with van der Waals surface area (Å²) in [5.74, 6) is 0.776. The second kappa shape index (κ2) is 7.64. The lowest BCUT2D eigenvalue weighted by atomic mass is 9.90. The van der Waals surface area contributed by atoms with Gasteiger partial charge in [0.2, 0.25) is 0 Å². The lowest BCUT2D eigenvalue weighted by molar-refractivity contribution is -0.0269. The van der Waals surface area contributed by atoms with Gasteiger partial charge in [0.05, 0.1) is 12.3 Å². The fraction of sp³-hybridized carbons (Fsp3) is 0.647. The van der Waals surface area contributed by atoms with Crippen LogP contribution in [0.2, 0.25) is 0 Å². The van der Waals surface area contributed by atoms with Crippen LogP contribution in [0.25, 0.3) is 0 Å². The van der Waals surface area contributed by atoms with Gasteiger partial charge in [0.15, 0.2) is 0 Å². The Balaban J connectivity index is 1.50. The number of allylic oxidation sites excluding steroid dienone is 1. The van der Waals surface area contributed by atoms with Crippen molar-refractivity contribution in [1.29, 1.82) is 0 Å². The van der Waals surface area contributed by atoms with E-state index in [9.17, 15) is 4.79 Å². The van der Waals surface area contributed by atoms with E-state index < -0.39 is 0 Å². The molecule has 6 heteroatoms. The normalized spacial score (nSPS) is 30.8. The van der Waals surface area contributed by atoms with Gasteiger partial charge in [-0.15, -0.1) is 0 Å². The fourth-order valence-corrected chi connectivity index (χ4v) is 3.43. The third kappa shape index (κ3) is 4.13. The van der Waals surface area contributed by atoms with Gasteiger partial charge in [-0.3, -0.25) is 5.10 Å². The van der Waals surface area contributed by atoms with Gasteiger partial charge in [0.1, 0.15) is 0 Å². The zero-order valence-corrected chi connectivity index (χ0v) is 13.6. The number of hydrogen-bond donors (Lipinski definition) is 3. The average molecular weight is 318 g/mol. The number of carbonyl (C=O) groups excluding carboxylic acids is 1. The zero-order valence-electron chi connectivity index (χ0n) is 13.6. The minimum Gasteiger partial charge on any atom is -0.373 e. The van der Waals surface area contributed by atoms with Crippen LogP contribution in [-0.4, -0.2) is 35.4 Å². The molecule has 2 aliphatic rings. The van der Waals surface area contributed by atoms with E-state index >= 15 is 0 Å². The van der Waals surface area contributed by atoms with Crippen LogP contribution in [0.1, 0.15) is 44.3 Å². The number of ether oxygens (including phenoxy) is 1. The maximum atomic E-state index is 12.2. The Morgan fingerprint density at radius 3 is 3.09 bits per heavy atom. The zero-order chi connectivity index (χ0) is 16.1. The second-order valence-electron chi connectivity index (χ2n) is 6.61. The number of H-pyrrole nitrogens is 1. The SMILES string of the molecule is C[C@@H]1CC=CC[C@H]1NC(=O)NC[C@@H]1CCCO[C@H]1c1cn[nH]c1. The molecule has 1 saturated heterocycles. The Morgan fingerprint density at radius 1 is 1.43 bits per heavy atom. The quantitative estimate of drug-likeness (QED) is 0.746. The molecular formula is C17H26N4O2. The average Bonchev–Trinajstić information content (AvgIpc) is 3.10. The highest BCUT2D eigenvalue weighted by Gasteiger charge is 2.29. The van der Waals surface area contributed by atoms with E-state index in [2.05, 4.69) is 39.9 Å². The van der Waals surface area contributed by atoms with Crippen LogP contribution in [0.5, 0.6) is 0 Å². The molecular weight excluding hydrogens is 292 g/mol. The molecule has 1 fully saturated rings. The van der Waals surface area contributed by atoms with Crippen molar-refractivity contribution in [2.24, 2.45) is 11.8 Å². The van der Waals surface area contributed by atoms with Gasteiger partial charge in [-0.1, -0.05) is 19.1 Å². The Labute approximate surface area is 137 Å². The van der Waals surface area contributed by atoms with Crippen LogP contribution in [0.15, 0.2) is 24.5 Å². The predicted molar refractivity (Wildman–Crippen MR) is 87.9 cm³/mol. The third-order valence-corrected chi connectivity index (χ3v) is 4.89. The molecule has 2 amide bonds. The number of rotatable bonds is 4. The van der Waals surface area contributed by atoms with Crippen LogP contribution in [0.4, 0.5) is 4.79 Å². The predicted octanol–water partition coefficient (Wildman–Crippen LogP) is 2.53.